The molecule has 0 saturated carbocycles. The first kappa shape index (κ1) is 13.2. The number of carboxylic acids is 1. The molecular weight excluding hydrogens is 277 g/mol. The molecule has 1 unspecified atom stereocenters. The van der Waals surface area contributed by atoms with Crippen LogP contribution in [0, 0.1) is 12.7 Å². The van der Waals surface area contributed by atoms with Gasteiger partial charge < -0.3 is 5.11 Å². The Labute approximate surface area is 120 Å². The zero-order valence-electron chi connectivity index (χ0n) is 11.0. The third-order valence-electron chi connectivity index (χ3n) is 3.67. The Kier molecular flexibility index (Phi) is 3.30. The van der Waals surface area contributed by atoms with Gasteiger partial charge in [-0.05, 0) is 37.8 Å². The molecule has 0 radical (unpaired) electrons. The van der Waals surface area contributed by atoms with Crippen molar-refractivity contribution in [3.8, 4) is 10.6 Å². The lowest BCUT2D eigenvalue weighted by Crippen LogP contribution is -2.17. The lowest BCUT2D eigenvalue weighted by Gasteiger charge is -2.16. The van der Waals surface area contributed by atoms with Crippen molar-refractivity contribution in [2.45, 2.75) is 32.1 Å². The number of rotatable bonds is 2. The van der Waals surface area contributed by atoms with Crippen LogP contribution < -0.4 is 0 Å². The van der Waals surface area contributed by atoms with Gasteiger partial charge in [0.05, 0.1) is 11.6 Å². The predicted molar refractivity (Wildman–Crippen MR) is 75.6 cm³/mol. The summed E-state index contributed by atoms with van der Waals surface area (Å²) in [7, 11) is 0. The SMILES string of the molecule is Cc1cccc(-c2nc3c(s2)CCCC3C(=O)O)c1F. The van der Waals surface area contributed by atoms with E-state index in [9.17, 15) is 14.3 Å². The topological polar surface area (TPSA) is 50.2 Å². The number of carbonyl (C=O) groups is 1. The minimum Gasteiger partial charge on any atom is -0.481 e. The van der Waals surface area contributed by atoms with Crippen LogP contribution in [0.15, 0.2) is 18.2 Å². The molecule has 1 aromatic carbocycles. The number of halogens is 1. The minimum atomic E-state index is -0.840. The second-order valence-electron chi connectivity index (χ2n) is 5.05. The van der Waals surface area contributed by atoms with Gasteiger partial charge in [0.1, 0.15) is 10.8 Å². The van der Waals surface area contributed by atoms with Gasteiger partial charge in [0.15, 0.2) is 0 Å². The fourth-order valence-electron chi connectivity index (χ4n) is 2.59. The van der Waals surface area contributed by atoms with Crippen LogP contribution in [0.2, 0.25) is 0 Å². The van der Waals surface area contributed by atoms with Gasteiger partial charge in [0.25, 0.3) is 0 Å². The molecule has 3 rings (SSSR count). The number of hydrogen-bond donors (Lipinski definition) is 1. The molecule has 0 aliphatic heterocycles. The van der Waals surface area contributed by atoms with Crippen LogP contribution in [-0.4, -0.2) is 16.1 Å². The Hall–Kier alpha value is -1.75. The lowest BCUT2D eigenvalue weighted by molar-refractivity contribution is -0.139. The summed E-state index contributed by atoms with van der Waals surface area (Å²) in [5, 5.41) is 9.84. The van der Waals surface area contributed by atoms with E-state index in [2.05, 4.69) is 4.98 Å². The van der Waals surface area contributed by atoms with Crippen molar-refractivity contribution in [2.24, 2.45) is 0 Å². The molecule has 2 aromatic rings. The average Bonchev–Trinajstić information content (AvgIpc) is 2.84. The maximum absolute atomic E-state index is 14.2. The molecule has 1 aliphatic rings. The van der Waals surface area contributed by atoms with Crippen LogP contribution in [-0.2, 0) is 11.2 Å². The molecular formula is C15H14FNO2S. The molecule has 1 heterocycles. The van der Waals surface area contributed by atoms with E-state index in [1.54, 1.807) is 25.1 Å². The molecule has 0 bridgehead atoms. The summed E-state index contributed by atoms with van der Waals surface area (Å²) in [6.07, 6.45) is 2.30. The van der Waals surface area contributed by atoms with Gasteiger partial charge in [0.2, 0.25) is 0 Å². The molecule has 3 nitrogen and oxygen atoms in total. The number of nitrogens with zero attached hydrogens (tertiary/aromatic N) is 1. The third kappa shape index (κ3) is 2.12. The van der Waals surface area contributed by atoms with E-state index >= 15 is 0 Å². The quantitative estimate of drug-likeness (QED) is 0.916. The molecule has 0 saturated heterocycles. The molecule has 104 valence electrons. The average molecular weight is 291 g/mol. The van der Waals surface area contributed by atoms with Gasteiger partial charge in [-0.1, -0.05) is 12.1 Å². The Balaban J connectivity index is 2.09. The van der Waals surface area contributed by atoms with Crippen LogP contribution in [0.5, 0.6) is 0 Å². The Bertz CT molecular complexity index is 681. The van der Waals surface area contributed by atoms with Crippen LogP contribution in [0.25, 0.3) is 10.6 Å². The molecule has 1 aliphatic carbocycles. The maximum Gasteiger partial charge on any atom is 0.312 e. The van der Waals surface area contributed by atoms with E-state index in [-0.39, 0.29) is 5.82 Å². The van der Waals surface area contributed by atoms with Crippen molar-refractivity contribution in [1.82, 2.24) is 4.98 Å². The normalized spacial score (nSPS) is 17.8. The summed E-state index contributed by atoms with van der Waals surface area (Å²) in [6.45, 7) is 1.71. The summed E-state index contributed by atoms with van der Waals surface area (Å²) in [5.74, 6) is -1.66. The number of aryl methyl sites for hydroxylation is 2. The van der Waals surface area contributed by atoms with Gasteiger partial charge in [-0.25, -0.2) is 9.37 Å². The van der Waals surface area contributed by atoms with E-state index in [0.717, 1.165) is 17.7 Å². The first-order chi connectivity index (χ1) is 9.58. The zero-order valence-corrected chi connectivity index (χ0v) is 11.8. The Morgan fingerprint density at radius 1 is 1.50 bits per heavy atom. The molecule has 5 heteroatoms. The number of fused-ring (bicyclic) bond motifs is 1. The van der Waals surface area contributed by atoms with Crippen molar-refractivity contribution in [1.29, 1.82) is 0 Å². The Morgan fingerprint density at radius 2 is 2.30 bits per heavy atom. The molecule has 0 spiro atoms. The lowest BCUT2D eigenvalue weighted by atomic mass is 9.91. The minimum absolute atomic E-state index is 0.273. The van der Waals surface area contributed by atoms with E-state index in [1.807, 2.05) is 0 Å². The summed E-state index contributed by atoms with van der Waals surface area (Å²) in [6, 6.07) is 5.21. The number of aliphatic carboxylic acids is 1. The van der Waals surface area contributed by atoms with E-state index in [4.69, 9.17) is 0 Å². The molecule has 1 N–H and O–H groups in total. The smallest absolute Gasteiger partial charge is 0.312 e. The van der Waals surface area contributed by atoms with Crippen LogP contribution in [0.3, 0.4) is 0 Å². The van der Waals surface area contributed by atoms with Crippen molar-refractivity contribution in [3.05, 3.63) is 40.2 Å². The van der Waals surface area contributed by atoms with Crippen LogP contribution >= 0.6 is 11.3 Å². The number of benzene rings is 1. The molecule has 1 aromatic heterocycles. The molecule has 20 heavy (non-hydrogen) atoms. The monoisotopic (exact) mass is 291 g/mol. The fourth-order valence-corrected chi connectivity index (χ4v) is 3.77. The van der Waals surface area contributed by atoms with Crippen molar-refractivity contribution < 1.29 is 14.3 Å². The van der Waals surface area contributed by atoms with Gasteiger partial charge in [0, 0.05) is 10.4 Å². The van der Waals surface area contributed by atoms with E-state index in [0.29, 0.717) is 28.2 Å². The van der Waals surface area contributed by atoms with Crippen molar-refractivity contribution >= 4 is 17.3 Å². The molecule has 1 atom stereocenters. The highest BCUT2D eigenvalue weighted by atomic mass is 32.1. The van der Waals surface area contributed by atoms with Gasteiger partial charge in [-0.15, -0.1) is 11.3 Å². The highest BCUT2D eigenvalue weighted by Crippen LogP contribution is 2.39. The summed E-state index contributed by atoms with van der Waals surface area (Å²) in [5.41, 5.74) is 1.67. The predicted octanol–water partition coefficient (Wildman–Crippen LogP) is 3.76. The third-order valence-corrected chi connectivity index (χ3v) is 4.84. The standard InChI is InChI=1S/C15H14FNO2S/c1-8-4-2-5-9(12(8)16)14-17-13-10(15(18)19)6-3-7-11(13)20-14/h2,4-5,10H,3,6-7H2,1H3,(H,18,19). The number of carboxylic acid groups (broad SMARTS) is 1. The van der Waals surface area contributed by atoms with Gasteiger partial charge in [-0.2, -0.15) is 0 Å². The van der Waals surface area contributed by atoms with Crippen LogP contribution in [0.4, 0.5) is 4.39 Å². The largest absolute Gasteiger partial charge is 0.481 e. The van der Waals surface area contributed by atoms with E-state index in [1.165, 1.54) is 11.3 Å². The summed E-state index contributed by atoms with van der Waals surface area (Å²) < 4.78 is 14.2. The maximum atomic E-state index is 14.2. The van der Waals surface area contributed by atoms with E-state index < -0.39 is 11.9 Å². The summed E-state index contributed by atoms with van der Waals surface area (Å²) >= 11 is 1.42. The number of aromatic nitrogens is 1. The number of thiazole rings is 1. The first-order valence-corrected chi connectivity index (χ1v) is 7.37. The molecule has 0 amide bonds. The zero-order chi connectivity index (χ0) is 14.3. The highest BCUT2D eigenvalue weighted by Gasteiger charge is 2.30. The second kappa shape index (κ2) is 4.98. The number of hydrogen-bond acceptors (Lipinski definition) is 3. The van der Waals surface area contributed by atoms with Crippen molar-refractivity contribution in [3.63, 3.8) is 0 Å². The first-order valence-electron chi connectivity index (χ1n) is 6.56. The van der Waals surface area contributed by atoms with Crippen LogP contribution in [0.1, 0.15) is 34.9 Å². The second-order valence-corrected chi connectivity index (χ2v) is 6.13. The fraction of sp³-hybridized carbons (Fsp3) is 0.333. The van der Waals surface area contributed by atoms with Crippen molar-refractivity contribution in [2.75, 3.05) is 0 Å². The molecule has 0 fully saturated rings. The summed E-state index contributed by atoms with van der Waals surface area (Å²) in [4.78, 5) is 16.7. The van der Waals surface area contributed by atoms with Gasteiger partial charge >= 0.3 is 5.97 Å². The highest BCUT2D eigenvalue weighted by molar-refractivity contribution is 7.15. The van der Waals surface area contributed by atoms with Gasteiger partial charge in [-0.3, -0.25) is 4.79 Å². The Morgan fingerprint density at radius 3 is 3.05 bits per heavy atom.